The van der Waals surface area contributed by atoms with Crippen molar-refractivity contribution in [1.29, 1.82) is 0 Å². The van der Waals surface area contributed by atoms with E-state index in [4.69, 9.17) is 0 Å². The minimum Gasteiger partial charge on any atom is -1.00 e. The Balaban J connectivity index is 0.00000128. The van der Waals surface area contributed by atoms with Gasteiger partial charge in [0.25, 0.3) is 0 Å². The van der Waals surface area contributed by atoms with Crippen molar-refractivity contribution in [3.63, 3.8) is 0 Å². The fraction of sp³-hybridized carbons (Fsp3) is 0.429. The van der Waals surface area contributed by atoms with Crippen LogP contribution in [0.5, 0.6) is 0 Å². The molecule has 0 aromatic carbocycles. The number of hydrogen-bond acceptors (Lipinski definition) is 0. The summed E-state index contributed by atoms with van der Waals surface area (Å²) in [5.74, 6) is 0. The third-order valence-corrected chi connectivity index (χ3v) is 9.59. The Kier molecular flexibility index (Phi) is 5.52. The van der Waals surface area contributed by atoms with E-state index in [-0.39, 0.29) is 31.0 Å². The van der Waals surface area contributed by atoms with Crippen molar-refractivity contribution < 1.29 is 31.0 Å². The van der Waals surface area contributed by atoms with Crippen LogP contribution >= 0.6 is 0 Å². The molecule has 0 saturated heterocycles. The number of allylic oxidation sites excluding steroid dienone is 8. The minimum atomic E-state index is -1.28. The first kappa shape index (κ1) is 14.2. The van der Waals surface area contributed by atoms with Crippen molar-refractivity contribution in [3.8, 4) is 0 Å². The predicted octanol–water partition coefficient (Wildman–Crippen LogP) is 1.44. The first-order valence-electron chi connectivity index (χ1n) is 6.06. The van der Waals surface area contributed by atoms with Gasteiger partial charge in [-0.1, -0.05) is 72.8 Å². The van der Waals surface area contributed by atoms with Gasteiger partial charge in [0, 0.05) is 0 Å². The minimum absolute atomic E-state index is 0. The third kappa shape index (κ3) is 2.38. The van der Waals surface area contributed by atoms with Crippen molar-refractivity contribution in [3.05, 3.63) is 46.8 Å². The quantitative estimate of drug-likeness (QED) is 0.652. The van der Waals surface area contributed by atoms with E-state index >= 15 is 0 Å². The summed E-state index contributed by atoms with van der Waals surface area (Å²) in [4.78, 5) is 0. The zero-order chi connectivity index (χ0) is 10.7. The maximum absolute atomic E-state index is 2.39. The van der Waals surface area contributed by atoms with Crippen LogP contribution in [0.4, 0.5) is 0 Å². The monoisotopic (exact) mass is 240 g/mol. The molecule has 0 atom stereocenters. The van der Waals surface area contributed by atoms with Crippen LogP contribution in [0.1, 0.15) is 28.1 Å². The molecule has 0 bridgehead atoms. The van der Waals surface area contributed by atoms with Crippen LogP contribution in [0, 0.1) is 0 Å². The molecule has 2 aliphatic rings. The summed E-state index contributed by atoms with van der Waals surface area (Å²) in [5.41, 5.74) is 0. The molecule has 0 spiro atoms. The normalized spacial score (nSPS) is 18.4. The molecule has 0 aliphatic heterocycles. The van der Waals surface area contributed by atoms with Gasteiger partial charge in [0.1, 0.15) is 8.07 Å². The van der Waals surface area contributed by atoms with Gasteiger partial charge in [0.05, 0.1) is 0 Å². The van der Waals surface area contributed by atoms with Gasteiger partial charge in [0.15, 0.2) is 0 Å². The number of hydrogen-bond donors (Lipinski definition) is 0. The molecule has 2 aliphatic carbocycles. The zero-order valence-corrected chi connectivity index (χ0v) is 13.8. The molecule has 0 heterocycles. The smallest absolute Gasteiger partial charge is 1.00 e. The maximum Gasteiger partial charge on any atom is 1.00 e. The molecule has 2 heteroatoms. The molecule has 0 fully saturated rings. The van der Waals surface area contributed by atoms with Gasteiger partial charge >= 0.3 is 29.6 Å². The SMILES string of the molecule is CC[Si](CC)(C1=CC=CC1)C1=CC=CC1.[H-].[Na+]. The first-order chi connectivity index (χ1) is 7.33. The standard InChI is InChI=1S/C14H20Si.Na.H/c1-3-15(4-2,13-9-5-6-10-13)14-11-7-8-12-14;;/h5-9,11H,3-4,10,12H2,1-2H3;;/q;+1;-1. The molecule has 0 N–H and O–H groups in total. The van der Waals surface area contributed by atoms with Crippen molar-refractivity contribution in [1.82, 2.24) is 0 Å². The summed E-state index contributed by atoms with van der Waals surface area (Å²) in [7, 11) is -1.28. The molecule has 2 rings (SSSR count). The van der Waals surface area contributed by atoms with Crippen LogP contribution in [0.15, 0.2) is 46.8 Å². The largest absolute Gasteiger partial charge is 1.00 e. The van der Waals surface area contributed by atoms with Crippen LogP contribution in [0.2, 0.25) is 12.1 Å². The Labute approximate surface area is 124 Å². The summed E-state index contributed by atoms with van der Waals surface area (Å²) in [5, 5.41) is 3.50. The van der Waals surface area contributed by atoms with E-state index in [0.29, 0.717) is 0 Å². The van der Waals surface area contributed by atoms with E-state index in [1.807, 2.05) is 0 Å². The molecule has 0 aromatic heterocycles. The zero-order valence-electron chi connectivity index (χ0n) is 11.8. The van der Waals surface area contributed by atoms with Crippen molar-refractivity contribution in [2.24, 2.45) is 0 Å². The van der Waals surface area contributed by atoms with Crippen LogP contribution in [-0.4, -0.2) is 8.07 Å². The summed E-state index contributed by atoms with van der Waals surface area (Å²) in [6.45, 7) is 4.77. The van der Waals surface area contributed by atoms with Crippen LogP contribution < -0.4 is 29.6 Å². The van der Waals surface area contributed by atoms with E-state index in [2.05, 4.69) is 50.3 Å². The molecular formula is C14H21NaSi. The second-order valence-electron chi connectivity index (χ2n) is 4.44. The summed E-state index contributed by atoms with van der Waals surface area (Å²) in [6, 6.07) is 2.73. The average molecular weight is 240 g/mol. The van der Waals surface area contributed by atoms with Crippen molar-refractivity contribution in [2.75, 3.05) is 0 Å². The van der Waals surface area contributed by atoms with E-state index in [0.717, 1.165) is 0 Å². The van der Waals surface area contributed by atoms with Gasteiger partial charge in [-0.25, -0.2) is 0 Å². The van der Waals surface area contributed by atoms with Crippen LogP contribution in [-0.2, 0) is 0 Å². The molecule has 82 valence electrons. The van der Waals surface area contributed by atoms with Crippen LogP contribution in [0.3, 0.4) is 0 Å². The Morgan fingerprint density at radius 2 is 1.44 bits per heavy atom. The predicted molar refractivity (Wildman–Crippen MR) is 71.5 cm³/mol. The van der Waals surface area contributed by atoms with E-state index < -0.39 is 8.07 Å². The molecule has 0 aromatic rings. The van der Waals surface area contributed by atoms with Crippen molar-refractivity contribution >= 4 is 8.07 Å². The maximum atomic E-state index is 2.39. The molecule has 0 unspecified atom stereocenters. The summed E-state index contributed by atoms with van der Waals surface area (Å²) in [6.07, 6.45) is 16.3. The third-order valence-electron chi connectivity index (χ3n) is 3.98. The van der Waals surface area contributed by atoms with Gasteiger partial charge in [-0.15, -0.1) is 0 Å². The van der Waals surface area contributed by atoms with E-state index in [1.165, 1.54) is 24.9 Å². The Morgan fingerprint density at radius 3 is 1.69 bits per heavy atom. The topological polar surface area (TPSA) is 0 Å². The van der Waals surface area contributed by atoms with Crippen LogP contribution in [0.25, 0.3) is 0 Å². The second-order valence-corrected chi connectivity index (χ2v) is 9.30. The van der Waals surface area contributed by atoms with Gasteiger partial charge < -0.3 is 1.43 Å². The van der Waals surface area contributed by atoms with Gasteiger partial charge in [-0.05, 0) is 12.8 Å². The molecule has 0 amide bonds. The molecule has 0 saturated carbocycles. The first-order valence-corrected chi connectivity index (χ1v) is 8.47. The molecular weight excluding hydrogens is 219 g/mol. The molecule has 16 heavy (non-hydrogen) atoms. The Hall–Kier alpha value is 0.177. The molecule has 0 nitrogen and oxygen atoms in total. The fourth-order valence-corrected chi connectivity index (χ4v) is 7.55. The summed E-state index contributed by atoms with van der Waals surface area (Å²) < 4.78 is 0. The van der Waals surface area contributed by atoms with Gasteiger partial charge in [-0.3, -0.25) is 0 Å². The average Bonchev–Trinajstić information content (AvgIpc) is 2.92. The summed E-state index contributed by atoms with van der Waals surface area (Å²) >= 11 is 0. The van der Waals surface area contributed by atoms with Gasteiger partial charge in [0.2, 0.25) is 0 Å². The van der Waals surface area contributed by atoms with E-state index in [9.17, 15) is 0 Å². The van der Waals surface area contributed by atoms with E-state index in [1.54, 1.807) is 10.4 Å². The van der Waals surface area contributed by atoms with Crippen molar-refractivity contribution in [2.45, 2.75) is 38.8 Å². The van der Waals surface area contributed by atoms with Gasteiger partial charge in [-0.2, -0.15) is 0 Å². The Morgan fingerprint density at radius 1 is 1.00 bits per heavy atom. The fourth-order valence-electron chi connectivity index (χ4n) is 2.97. The number of rotatable bonds is 4. The second kappa shape index (κ2) is 6.20. The Bertz CT molecular complexity index is 330. The molecule has 0 radical (unpaired) electrons.